The molecule has 7 N–H and O–H groups in total. The van der Waals surface area contributed by atoms with Gasteiger partial charge in [-0.3, -0.25) is 0 Å². The predicted molar refractivity (Wildman–Crippen MR) is 77.8 cm³/mol. The van der Waals surface area contributed by atoms with Crippen LogP contribution in [0.1, 0.15) is 0 Å². The third kappa shape index (κ3) is 21.8. The smallest absolute Gasteiger partial charge is 1.00 e. The van der Waals surface area contributed by atoms with Gasteiger partial charge < -0.3 is 81.6 Å². The van der Waals surface area contributed by atoms with Crippen molar-refractivity contribution in [1.82, 2.24) is 0 Å². The van der Waals surface area contributed by atoms with Crippen LogP contribution in [0.3, 0.4) is 0 Å². The molecule has 1 rings (SSSR count). The van der Waals surface area contributed by atoms with Crippen molar-refractivity contribution in [2.24, 2.45) is 0 Å². The third-order valence-corrected chi connectivity index (χ3v) is 3.31. The number of hydrogen-bond acceptors (Lipinski definition) is 15. The Kier molecular flexibility index (Phi) is 82.0. The molecule has 0 saturated carbocycles. The van der Waals surface area contributed by atoms with Crippen molar-refractivity contribution < 1.29 is 98.5 Å². The fourth-order valence-corrected chi connectivity index (χ4v) is 2.24. The fraction of sp³-hybridized carbons (Fsp3) is 0. The van der Waals surface area contributed by atoms with Crippen molar-refractivity contribution in [3.05, 3.63) is 12.1 Å². The first-order valence-electron chi connectivity index (χ1n) is 3.48. The molecule has 0 aliphatic carbocycles. The molecular formula is C6H9Bi4IO15S2. The third-order valence-electron chi connectivity index (χ3n) is 1.56. The van der Waals surface area contributed by atoms with Crippen LogP contribution in [0.25, 0.3) is 0 Å². The van der Waals surface area contributed by atoms with Gasteiger partial charge in [0.1, 0.15) is 20.2 Å². The van der Waals surface area contributed by atoms with Crippen molar-refractivity contribution in [2.75, 3.05) is 0 Å². The van der Waals surface area contributed by atoms with Gasteiger partial charge in [-0.2, -0.15) is 0 Å². The summed E-state index contributed by atoms with van der Waals surface area (Å²) in [5.41, 5.74) is 0. The molecule has 0 fully saturated rings. The van der Waals surface area contributed by atoms with E-state index in [2.05, 4.69) is 0 Å². The summed E-state index contributed by atoms with van der Waals surface area (Å²) in [6.45, 7) is 0. The summed E-state index contributed by atoms with van der Waals surface area (Å²) >= 11 is 0. The van der Waals surface area contributed by atoms with Crippen molar-refractivity contribution in [1.29, 1.82) is 0 Å². The van der Waals surface area contributed by atoms with E-state index in [9.17, 15) is 36.2 Å². The Morgan fingerprint density at radius 1 is 0.607 bits per heavy atom. The van der Waals surface area contributed by atoms with Crippen LogP contribution in [0, 0.1) is 0 Å². The Labute approximate surface area is 253 Å². The summed E-state index contributed by atoms with van der Waals surface area (Å²) in [6.07, 6.45) is 0. The zero-order valence-corrected chi connectivity index (χ0v) is 30.2. The molecule has 162 valence electrons. The Bertz CT molecular complexity index is 655. The van der Waals surface area contributed by atoms with Crippen LogP contribution in [0.5, 0.6) is 11.5 Å². The molecule has 0 heterocycles. The fourth-order valence-electron chi connectivity index (χ4n) is 0.960. The summed E-state index contributed by atoms with van der Waals surface area (Å²) in [5.74, 6) is -3.34. The van der Waals surface area contributed by atoms with Gasteiger partial charge in [0, 0.05) is 9.79 Å². The van der Waals surface area contributed by atoms with E-state index in [-0.39, 0.29) is 167 Å². The second kappa shape index (κ2) is 29.6. The molecule has 0 aromatic heterocycles. The molecule has 0 saturated heterocycles. The molecule has 22 heteroatoms. The molecule has 0 aliphatic rings. The van der Waals surface area contributed by atoms with Gasteiger partial charge in [0.05, 0.1) is 0 Å². The minimum atomic E-state index is -5.43. The first-order valence-corrected chi connectivity index (χ1v) is 6.29. The molecule has 0 spiro atoms. The quantitative estimate of drug-likeness (QED) is 0.151. The molecule has 0 amide bonds. The van der Waals surface area contributed by atoms with E-state index in [1.54, 1.807) is 0 Å². The Hall–Kier alpha value is 2.62. The van der Waals surface area contributed by atoms with E-state index in [1.807, 2.05) is 0 Å². The van der Waals surface area contributed by atoms with Crippen molar-refractivity contribution >= 4 is 125 Å². The Balaban J connectivity index is -0.0000000213. The maximum atomic E-state index is 11.1. The van der Waals surface area contributed by atoms with E-state index < -0.39 is 41.5 Å². The SMILES string of the molecule is O=S(=O)([O-])c1ccc([O-])c(S(=O)(=O)[O-])c1[O-].[Bi+3].[Bi+3].[Bi+3].[Bi+3].[I-].[OH-].[OH-].[OH-].[OH-].[OH-].[OH-].[OH-]. The van der Waals surface area contributed by atoms with Gasteiger partial charge in [-0.05, 0) is 6.07 Å². The van der Waals surface area contributed by atoms with Crippen molar-refractivity contribution in [2.45, 2.75) is 9.79 Å². The first-order chi connectivity index (χ1) is 7.05. The monoisotopic (exact) mass is 1350 g/mol. The van der Waals surface area contributed by atoms with Gasteiger partial charge in [0.25, 0.3) is 0 Å². The minimum Gasteiger partial charge on any atom is -1.00 e. The molecule has 0 atom stereocenters. The van der Waals surface area contributed by atoms with Crippen molar-refractivity contribution in [3.8, 4) is 11.5 Å². The van der Waals surface area contributed by atoms with Gasteiger partial charge in [-0.1, -0.05) is 17.6 Å². The number of benzene rings is 1. The van der Waals surface area contributed by atoms with Crippen LogP contribution in [-0.4, -0.2) is 169 Å². The molecule has 28 heavy (non-hydrogen) atoms. The van der Waals surface area contributed by atoms with Crippen LogP contribution in [0.15, 0.2) is 21.9 Å². The van der Waals surface area contributed by atoms with Crippen LogP contribution < -0.4 is 34.2 Å². The van der Waals surface area contributed by atoms with E-state index in [0.717, 1.165) is 0 Å². The van der Waals surface area contributed by atoms with Crippen LogP contribution >= 0.6 is 0 Å². The number of halogens is 1. The summed E-state index contributed by atoms with van der Waals surface area (Å²) in [5, 5.41) is 22.0. The Morgan fingerprint density at radius 2 is 0.893 bits per heavy atom. The van der Waals surface area contributed by atoms with Crippen LogP contribution in [0.4, 0.5) is 0 Å². The summed E-state index contributed by atoms with van der Waals surface area (Å²) in [6, 6.07) is 0.721. The summed E-state index contributed by atoms with van der Waals surface area (Å²) in [4.78, 5) is -3.20. The summed E-state index contributed by atoms with van der Waals surface area (Å²) in [7, 11) is -10.7. The molecule has 15 nitrogen and oxygen atoms in total. The molecule has 8 radical (unpaired) electrons. The van der Waals surface area contributed by atoms with Gasteiger partial charge >= 0.3 is 105 Å². The van der Waals surface area contributed by atoms with E-state index in [0.29, 0.717) is 12.1 Å². The van der Waals surface area contributed by atoms with Gasteiger partial charge in [-0.15, -0.1) is 0 Å². The average molecular weight is 1350 g/mol. The van der Waals surface area contributed by atoms with Crippen LogP contribution in [-0.2, 0) is 20.2 Å². The molecule has 0 unspecified atom stereocenters. The van der Waals surface area contributed by atoms with E-state index in [4.69, 9.17) is 0 Å². The average Bonchev–Trinajstić information content (AvgIpc) is 1.97. The standard InChI is InChI=1S/C6H6O8S2.4Bi.HI.7H2O/c7-3-1-2-4(15(9,10)11)5(8)6(3)16(12,13)14;;;;;;;;;;;;/h1-2,7-8H,(H,9,10,11)(H,12,13,14);;;;;1H;7*1H2/q;4*+3;;;;;;;;/p-12. The van der Waals surface area contributed by atoms with Gasteiger partial charge in [0.2, 0.25) is 0 Å². The van der Waals surface area contributed by atoms with Crippen LogP contribution in [0.2, 0.25) is 0 Å². The zero-order valence-electron chi connectivity index (χ0n) is 12.5. The Morgan fingerprint density at radius 3 is 1.11 bits per heavy atom. The second-order valence-electron chi connectivity index (χ2n) is 2.63. The zero-order chi connectivity index (χ0) is 12.7. The maximum Gasteiger partial charge on any atom is 3.00 e. The van der Waals surface area contributed by atoms with Gasteiger partial charge in [0.15, 0.2) is 0 Å². The molecular weight excluding hydrogens is 1340 g/mol. The topological polar surface area (TPSA) is 371 Å². The second-order valence-corrected chi connectivity index (χ2v) is 5.29. The number of rotatable bonds is 2. The normalized spacial score (nSPS) is 7.21. The minimum absolute atomic E-state index is 0. The molecule has 1 aromatic carbocycles. The molecule has 0 aliphatic heterocycles. The van der Waals surface area contributed by atoms with Crippen molar-refractivity contribution in [3.63, 3.8) is 0 Å². The van der Waals surface area contributed by atoms with E-state index in [1.165, 1.54) is 0 Å². The predicted octanol–water partition coefficient (Wildman–Crippen LogP) is -8.11. The number of hydrogen-bond donors (Lipinski definition) is 0. The van der Waals surface area contributed by atoms with E-state index >= 15 is 0 Å². The molecule has 1 aromatic rings. The first kappa shape index (κ1) is 77.5. The largest absolute Gasteiger partial charge is 3.00 e. The maximum absolute atomic E-state index is 11.1. The molecule has 0 bridgehead atoms. The van der Waals surface area contributed by atoms with Gasteiger partial charge in [-0.25, -0.2) is 16.8 Å². The summed E-state index contributed by atoms with van der Waals surface area (Å²) < 4.78 is 63.0.